The number of nitrogens with one attached hydrogen (secondary N) is 1. The Morgan fingerprint density at radius 2 is 1.77 bits per heavy atom. The second-order valence-electron chi connectivity index (χ2n) is 5.01. The fraction of sp³-hybridized carbons (Fsp3) is 0.222. The lowest BCUT2D eigenvalue weighted by Gasteiger charge is -2.11. The van der Waals surface area contributed by atoms with Gasteiger partial charge in [0.1, 0.15) is 5.82 Å². The Hall–Kier alpha value is -2.80. The molecule has 2 rings (SSSR count). The maximum absolute atomic E-state index is 13.1. The van der Waals surface area contributed by atoms with Gasteiger partial charge in [-0.2, -0.15) is 0 Å². The molecule has 0 saturated heterocycles. The van der Waals surface area contributed by atoms with E-state index in [-0.39, 0.29) is 11.6 Å². The van der Waals surface area contributed by atoms with E-state index in [1.807, 2.05) is 6.92 Å². The van der Waals surface area contributed by atoms with Crippen LogP contribution in [0.1, 0.15) is 6.92 Å². The highest BCUT2D eigenvalue weighted by Gasteiger charge is 2.11. The summed E-state index contributed by atoms with van der Waals surface area (Å²) in [7, 11) is 0. The minimum absolute atomic E-state index is 0.124. The van der Waals surface area contributed by atoms with Crippen LogP contribution in [0.2, 0.25) is 5.02 Å². The lowest BCUT2D eigenvalue weighted by molar-refractivity contribution is -0.149. The first kappa shape index (κ1) is 19.5. The van der Waals surface area contributed by atoms with Crippen LogP contribution in [-0.2, 0) is 14.3 Å². The second-order valence-corrected chi connectivity index (χ2v) is 5.41. The van der Waals surface area contributed by atoms with E-state index >= 15 is 0 Å². The van der Waals surface area contributed by atoms with E-state index in [4.69, 9.17) is 25.8 Å². The van der Waals surface area contributed by atoms with Crippen molar-refractivity contribution >= 4 is 29.2 Å². The van der Waals surface area contributed by atoms with E-state index in [0.717, 1.165) is 6.07 Å². The first-order valence-electron chi connectivity index (χ1n) is 7.74. The first-order chi connectivity index (χ1) is 12.5. The van der Waals surface area contributed by atoms with Crippen LogP contribution < -0.4 is 14.8 Å². The molecule has 0 aliphatic rings. The van der Waals surface area contributed by atoms with E-state index in [1.54, 1.807) is 24.3 Å². The van der Waals surface area contributed by atoms with Crippen molar-refractivity contribution in [3.05, 3.63) is 53.3 Å². The van der Waals surface area contributed by atoms with Crippen LogP contribution in [0.5, 0.6) is 11.5 Å². The Balaban J connectivity index is 1.78. The highest BCUT2D eigenvalue weighted by Crippen LogP contribution is 2.26. The van der Waals surface area contributed by atoms with E-state index < -0.39 is 24.3 Å². The van der Waals surface area contributed by atoms with Gasteiger partial charge < -0.3 is 19.5 Å². The van der Waals surface area contributed by atoms with Gasteiger partial charge in [-0.3, -0.25) is 4.79 Å². The van der Waals surface area contributed by atoms with E-state index in [9.17, 15) is 14.0 Å². The van der Waals surface area contributed by atoms with Crippen LogP contribution in [0.25, 0.3) is 0 Å². The third-order valence-electron chi connectivity index (χ3n) is 3.06. The zero-order valence-corrected chi connectivity index (χ0v) is 14.7. The van der Waals surface area contributed by atoms with Gasteiger partial charge in [-0.05, 0) is 37.3 Å². The summed E-state index contributed by atoms with van der Waals surface area (Å²) >= 11 is 5.62. The molecule has 2 aromatic carbocycles. The number of esters is 1. The summed E-state index contributed by atoms with van der Waals surface area (Å²) < 4.78 is 28.6. The quantitative estimate of drug-likeness (QED) is 0.709. The number of ether oxygens (including phenoxy) is 3. The van der Waals surface area contributed by atoms with Crippen LogP contribution in [0.15, 0.2) is 42.5 Å². The number of amides is 1. The number of hydrogen-bond acceptors (Lipinski definition) is 5. The van der Waals surface area contributed by atoms with Crippen molar-refractivity contribution < 1.29 is 28.2 Å². The predicted molar refractivity (Wildman–Crippen MR) is 94.1 cm³/mol. The van der Waals surface area contributed by atoms with Gasteiger partial charge in [0, 0.05) is 5.69 Å². The molecule has 0 saturated carbocycles. The fourth-order valence-electron chi connectivity index (χ4n) is 1.94. The van der Waals surface area contributed by atoms with E-state index in [2.05, 4.69) is 5.32 Å². The molecule has 0 heterocycles. The van der Waals surface area contributed by atoms with Gasteiger partial charge in [0.05, 0.1) is 11.6 Å². The van der Waals surface area contributed by atoms with Gasteiger partial charge in [0.25, 0.3) is 5.91 Å². The van der Waals surface area contributed by atoms with E-state index in [0.29, 0.717) is 23.8 Å². The largest absolute Gasteiger partial charge is 0.490 e. The van der Waals surface area contributed by atoms with Crippen molar-refractivity contribution in [2.45, 2.75) is 6.92 Å². The van der Waals surface area contributed by atoms with Crippen molar-refractivity contribution in [3.8, 4) is 11.5 Å². The molecule has 0 unspecified atom stereocenters. The standard InChI is InChI=1S/C18H17ClFNO5/c1-2-24-15-5-3-4-6-16(15)25-11-18(23)26-10-17(22)21-12-7-8-14(20)13(19)9-12/h3-9H,2,10-11H2,1H3,(H,21,22). The van der Waals surface area contributed by atoms with Gasteiger partial charge in [-0.1, -0.05) is 23.7 Å². The summed E-state index contributed by atoms with van der Waals surface area (Å²) in [5.41, 5.74) is 0.291. The van der Waals surface area contributed by atoms with E-state index in [1.165, 1.54) is 12.1 Å². The van der Waals surface area contributed by atoms with Crippen molar-refractivity contribution in [1.82, 2.24) is 0 Å². The monoisotopic (exact) mass is 381 g/mol. The van der Waals surface area contributed by atoms with Crippen LogP contribution in [0.3, 0.4) is 0 Å². The lowest BCUT2D eigenvalue weighted by Crippen LogP contribution is -2.23. The van der Waals surface area contributed by atoms with Crippen LogP contribution in [-0.4, -0.2) is 31.7 Å². The highest BCUT2D eigenvalue weighted by atomic mass is 35.5. The fourth-order valence-corrected chi connectivity index (χ4v) is 2.12. The molecule has 1 amide bonds. The molecule has 0 atom stereocenters. The van der Waals surface area contributed by atoms with Crippen molar-refractivity contribution in [3.63, 3.8) is 0 Å². The maximum Gasteiger partial charge on any atom is 0.344 e. The number of benzene rings is 2. The van der Waals surface area contributed by atoms with Gasteiger partial charge in [-0.25, -0.2) is 9.18 Å². The molecule has 0 aliphatic carbocycles. The SMILES string of the molecule is CCOc1ccccc1OCC(=O)OCC(=O)Nc1ccc(F)c(Cl)c1. The Morgan fingerprint density at radius 3 is 2.42 bits per heavy atom. The molecule has 1 N–H and O–H groups in total. The molecule has 6 nitrogen and oxygen atoms in total. The Labute approximate surface area is 154 Å². The average Bonchev–Trinajstić information content (AvgIpc) is 2.62. The Bertz CT molecular complexity index is 784. The number of anilines is 1. The molecule has 0 fully saturated rings. The third kappa shape index (κ3) is 5.93. The Morgan fingerprint density at radius 1 is 1.08 bits per heavy atom. The summed E-state index contributed by atoms with van der Waals surface area (Å²) in [4.78, 5) is 23.4. The molecule has 138 valence electrons. The van der Waals surface area contributed by atoms with Crippen LogP contribution in [0, 0.1) is 5.82 Å². The normalized spacial score (nSPS) is 10.1. The topological polar surface area (TPSA) is 73.9 Å². The zero-order valence-electron chi connectivity index (χ0n) is 14.0. The van der Waals surface area contributed by atoms with Crippen molar-refractivity contribution in [2.75, 3.05) is 25.1 Å². The maximum atomic E-state index is 13.1. The zero-order chi connectivity index (χ0) is 18.9. The molecule has 8 heteroatoms. The average molecular weight is 382 g/mol. The van der Waals surface area contributed by atoms with Gasteiger partial charge >= 0.3 is 5.97 Å². The second kappa shape index (κ2) is 9.62. The van der Waals surface area contributed by atoms with Gasteiger partial charge in [-0.15, -0.1) is 0 Å². The lowest BCUT2D eigenvalue weighted by atomic mass is 10.3. The number of hydrogen-bond donors (Lipinski definition) is 1. The number of halogens is 2. The van der Waals surface area contributed by atoms with Crippen LogP contribution >= 0.6 is 11.6 Å². The molecule has 0 bridgehead atoms. The smallest absolute Gasteiger partial charge is 0.344 e. The Kier molecular flexibility index (Phi) is 7.23. The first-order valence-corrected chi connectivity index (χ1v) is 8.12. The van der Waals surface area contributed by atoms with Gasteiger partial charge in [0.15, 0.2) is 24.7 Å². The molecular formula is C18H17ClFNO5. The van der Waals surface area contributed by atoms with Gasteiger partial charge in [0.2, 0.25) is 0 Å². The number of carbonyl (C=O) groups is 2. The van der Waals surface area contributed by atoms with Crippen molar-refractivity contribution in [1.29, 1.82) is 0 Å². The number of rotatable bonds is 8. The predicted octanol–water partition coefficient (Wildman–Crippen LogP) is 3.44. The molecule has 26 heavy (non-hydrogen) atoms. The summed E-state index contributed by atoms with van der Waals surface area (Å²) in [6.45, 7) is 1.40. The summed E-state index contributed by atoms with van der Waals surface area (Å²) in [6.07, 6.45) is 0. The van der Waals surface area contributed by atoms with Crippen molar-refractivity contribution in [2.24, 2.45) is 0 Å². The summed E-state index contributed by atoms with van der Waals surface area (Å²) in [5.74, 6) is -0.995. The summed E-state index contributed by atoms with van der Waals surface area (Å²) in [6, 6.07) is 10.6. The molecule has 0 radical (unpaired) electrons. The molecule has 0 spiro atoms. The third-order valence-corrected chi connectivity index (χ3v) is 3.35. The minimum atomic E-state index is -0.719. The van der Waals surface area contributed by atoms with Crippen LogP contribution in [0.4, 0.5) is 10.1 Å². The number of carbonyl (C=O) groups excluding carboxylic acids is 2. The highest BCUT2D eigenvalue weighted by molar-refractivity contribution is 6.31. The molecule has 0 aliphatic heterocycles. The molecule has 2 aromatic rings. The molecule has 0 aromatic heterocycles. The summed E-state index contributed by atoms with van der Waals surface area (Å²) in [5, 5.41) is 2.31. The number of para-hydroxylation sites is 2. The minimum Gasteiger partial charge on any atom is -0.490 e. The molecular weight excluding hydrogens is 365 g/mol.